The first-order valence-electron chi connectivity index (χ1n) is 8.28. The number of amides is 1. The predicted molar refractivity (Wildman–Crippen MR) is 105 cm³/mol. The number of benzene rings is 2. The van der Waals surface area contributed by atoms with Gasteiger partial charge in [-0.25, -0.2) is 4.79 Å². The molecule has 0 radical (unpaired) electrons. The highest BCUT2D eigenvalue weighted by Gasteiger charge is 2.55. The number of nitrogens with zero attached hydrogens (tertiary/aromatic N) is 1. The number of carbonyl (C=O) groups is 1. The number of ether oxygens (including phenoxy) is 1. The Morgan fingerprint density at radius 1 is 1.07 bits per heavy atom. The van der Waals surface area contributed by atoms with Gasteiger partial charge in [0, 0.05) is 10.0 Å². The van der Waals surface area contributed by atoms with Crippen molar-refractivity contribution >= 4 is 29.3 Å². The van der Waals surface area contributed by atoms with Gasteiger partial charge in [0.15, 0.2) is 6.04 Å². The second-order valence-electron chi connectivity index (χ2n) is 7.07. The summed E-state index contributed by atoms with van der Waals surface area (Å²) in [5, 5.41) is 14.8. The predicted octanol–water partition coefficient (Wildman–Crippen LogP) is 5.66. The first-order chi connectivity index (χ1) is 12.9. The van der Waals surface area contributed by atoms with E-state index in [2.05, 4.69) is 5.32 Å². The van der Waals surface area contributed by atoms with Crippen LogP contribution in [-0.2, 0) is 10.5 Å². The van der Waals surface area contributed by atoms with E-state index in [-0.39, 0.29) is 16.1 Å². The Bertz CT molecular complexity index is 854. The number of nitrogens with one attached hydrogen (secondary N) is 1. The van der Waals surface area contributed by atoms with Crippen molar-refractivity contribution in [2.45, 2.75) is 38.2 Å². The monoisotopic (exact) mass is 428 g/mol. The zero-order chi connectivity index (χ0) is 21.1. The third kappa shape index (κ3) is 5.11. The van der Waals surface area contributed by atoms with Gasteiger partial charge in [-0.1, -0.05) is 35.3 Å². The number of nitro groups is 1. The molecule has 2 rings (SSSR count). The van der Waals surface area contributed by atoms with Crippen LogP contribution in [0.2, 0.25) is 10.0 Å². The highest BCUT2D eigenvalue weighted by atomic mass is 35.5. The fourth-order valence-corrected chi connectivity index (χ4v) is 2.79. The number of hydrogen-bond acceptors (Lipinski definition) is 4. The number of hydrogen-bond donors (Lipinski definition) is 1. The van der Waals surface area contributed by atoms with E-state index in [1.165, 1.54) is 48.5 Å². The Morgan fingerprint density at radius 3 is 1.96 bits per heavy atom. The topological polar surface area (TPSA) is 81.5 Å². The van der Waals surface area contributed by atoms with Crippen molar-refractivity contribution in [2.24, 2.45) is 0 Å². The molecule has 2 unspecified atom stereocenters. The lowest BCUT2D eigenvalue weighted by molar-refractivity contribution is -0.623. The summed E-state index contributed by atoms with van der Waals surface area (Å²) in [4.78, 5) is 23.0. The van der Waals surface area contributed by atoms with Crippen LogP contribution >= 0.6 is 23.2 Å². The first-order valence-corrected chi connectivity index (χ1v) is 9.03. The molecule has 0 spiro atoms. The molecule has 0 aliphatic carbocycles. The quantitative estimate of drug-likeness (QED) is 0.378. The lowest BCUT2D eigenvalue weighted by Gasteiger charge is -2.29. The molecule has 0 aromatic heterocycles. The Balaban J connectivity index is 2.56. The van der Waals surface area contributed by atoms with Crippen molar-refractivity contribution in [2.75, 3.05) is 0 Å². The number of rotatable bonds is 5. The molecule has 150 valence electrons. The lowest BCUT2D eigenvalue weighted by atomic mass is 9.91. The molecule has 1 amide bonds. The van der Waals surface area contributed by atoms with Crippen molar-refractivity contribution in [1.82, 2.24) is 5.32 Å². The zero-order valence-electron chi connectivity index (χ0n) is 15.4. The average Bonchev–Trinajstić information content (AvgIpc) is 2.59. The van der Waals surface area contributed by atoms with Gasteiger partial charge in [0.25, 0.3) is 0 Å². The maximum atomic E-state index is 16.0. The van der Waals surface area contributed by atoms with E-state index in [9.17, 15) is 14.9 Å². The molecule has 0 heterocycles. The summed E-state index contributed by atoms with van der Waals surface area (Å²) in [6.45, 7) is 4.87. The molecule has 0 aliphatic heterocycles. The van der Waals surface area contributed by atoms with Gasteiger partial charge in [0.1, 0.15) is 5.60 Å². The second kappa shape index (κ2) is 8.32. The first kappa shape index (κ1) is 21.9. The minimum absolute atomic E-state index is 0.143. The normalized spacial score (nSPS) is 14.6. The van der Waals surface area contributed by atoms with E-state index < -0.39 is 28.5 Å². The van der Waals surface area contributed by atoms with Gasteiger partial charge in [-0.15, -0.1) is 0 Å². The maximum Gasteiger partial charge on any atom is 0.408 e. The molecular formula is C19H19Cl2FN2O4. The molecule has 28 heavy (non-hydrogen) atoms. The molecule has 2 aromatic rings. The van der Waals surface area contributed by atoms with E-state index in [0.29, 0.717) is 5.02 Å². The molecular weight excluding hydrogens is 410 g/mol. The van der Waals surface area contributed by atoms with E-state index in [1.807, 2.05) is 0 Å². The minimum atomic E-state index is -3.19. The van der Waals surface area contributed by atoms with Gasteiger partial charge >= 0.3 is 11.9 Å². The largest absolute Gasteiger partial charge is 0.444 e. The SMILES string of the molecule is CC(C)(C)OC(=O)NC(c1ccc(Cl)cc1)C(F)(c1ccc(Cl)cc1)[N+](=O)[O-]. The van der Waals surface area contributed by atoms with Crippen LogP contribution in [0.15, 0.2) is 48.5 Å². The molecule has 2 atom stereocenters. The Hall–Kier alpha value is -2.38. The van der Waals surface area contributed by atoms with E-state index >= 15 is 4.39 Å². The average molecular weight is 429 g/mol. The number of carbonyl (C=O) groups excluding carboxylic acids is 1. The Labute approximate surface area is 171 Å². The molecule has 0 fully saturated rings. The van der Waals surface area contributed by atoms with Gasteiger partial charge < -0.3 is 10.1 Å². The summed E-state index contributed by atoms with van der Waals surface area (Å²) in [6.07, 6.45) is -0.995. The third-order valence-corrected chi connectivity index (χ3v) is 4.27. The van der Waals surface area contributed by atoms with Gasteiger partial charge in [-0.2, -0.15) is 4.39 Å². The van der Waals surface area contributed by atoms with Crippen molar-refractivity contribution in [3.63, 3.8) is 0 Å². The van der Waals surface area contributed by atoms with Gasteiger partial charge in [-0.05, 0) is 62.7 Å². The van der Waals surface area contributed by atoms with Crippen molar-refractivity contribution in [1.29, 1.82) is 0 Å². The standard InChI is InChI=1S/C19H19Cl2FN2O4/c1-18(2,3)28-17(25)23-16(12-4-8-14(20)9-5-12)19(22,24(26)27)13-6-10-15(21)11-7-13/h4-11,16H,1-3H3,(H,23,25). The molecule has 6 nitrogen and oxygen atoms in total. The lowest BCUT2D eigenvalue weighted by Crippen LogP contribution is -2.47. The van der Waals surface area contributed by atoms with Gasteiger partial charge in [0.2, 0.25) is 0 Å². The molecule has 0 saturated carbocycles. The minimum Gasteiger partial charge on any atom is -0.444 e. The molecule has 1 N–H and O–H groups in total. The smallest absolute Gasteiger partial charge is 0.408 e. The molecule has 2 aromatic carbocycles. The van der Waals surface area contributed by atoms with E-state index in [4.69, 9.17) is 27.9 Å². The fourth-order valence-electron chi connectivity index (χ4n) is 2.54. The molecule has 9 heteroatoms. The summed E-state index contributed by atoms with van der Waals surface area (Å²) < 4.78 is 21.1. The third-order valence-electron chi connectivity index (χ3n) is 3.76. The molecule has 0 aliphatic rings. The molecule has 0 bridgehead atoms. The summed E-state index contributed by atoms with van der Waals surface area (Å²) in [7, 11) is 0. The highest BCUT2D eigenvalue weighted by molar-refractivity contribution is 6.30. The Kier molecular flexibility index (Phi) is 6.52. The van der Waals surface area contributed by atoms with Crippen molar-refractivity contribution in [3.05, 3.63) is 79.8 Å². The number of alkyl halides is 1. The van der Waals surface area contributed by atoms with Crippen LogP contribution in [0.4, 0.5) is 9.18 Å². The number of alkyl carbamates (subject to hydrolysis) is 1. The van der Waals surface area contributed by atoms with E-state index in [1.54, 1.807) is 20.8 Å². The highest BCUT2D eigenvalue weighted by Crippen LogP contribution is 2.40. The van der Waals surface area contributed by atoms with Crippen molar-refractivity contribution < 1.29 is 18.8 Å². The van der Waals surface area contributed by atoms with Crippen LogP contribution in [-0.4, -0.2) is 16.6 Å². The van der Waals surface area contributed by atoms with Crippen LogP contribution < -0.4 is 5.32 Å². The van der Waals surface area contributed by atoms with Crippen molar-refractivity contribution in [3.8, 4) is 0 Å². The Morgan fingerprint density at radius 2 is 1.54 bits per heavy atom. The zero-order valence-corrected chi connectivity index (χ0v) is 16.9. The van der Waals surface area contributed by atoms with Crippen LogP contribution in [0, 0.1) is 10.1 Å². The summed E-state index contributed by atoms with van der Waals surface area (Å²) >= 11 is 11.7. The van der Waals surface area contributed by atoms with Crippen LogP contribution in [0.1, 0.15) is 37.9 Å². The summed E-state index contributed by atoms with van der Waals surface area (Å²) in [5.74, 6) is -3.19. The van der Waals surface area contributed by atoms with Gasteiger partial charge in [-0.3, -0.25) is 10.1 Å². The van der Waals surface area contributed by atoms with E-state index in [0.717, 1.165) is 0 Å². The summed E-state index contributed by atoms with van der Waals surface area (Å²) in [6, 6.07) is 9.08. The van der Waals surface area contributed by atoms with Crippen LogP contribution in [0.25, 0.3) is 0 Å². The van der Waals surface area contributed by atoms with Gasteiger partial charge in [0.05, 0.1) is 10.5 Å². The second-order valence-corrected chi connectivity index (χ2v) is 7.94. The maximum absolute atomic E-state index is 16.0. The summed E-state index contributed by atoms with van der Waals surface area (Å²) in [5.41, 5.74) is -1.01. The number of halogens is 3. The van der Waals surface area contributed by atoms with Crippen LogP contribution in [0.3, 0.4) is 0 Å². The fraction of sp³-hybridized carbons (Fsp3) is 0.316. The molecule has 0 saturated heterocycles. The van der Waals surface area contributed by atoms with Crippen LogP contribution in [0.5, 0.6) is 0 Å².